The maximum absolute atomic E-state index is 12.0. The van der Waals surface area contributed by atoms with Gasteiger partial charge in [0.25, 0.3) is 5.56 Å². The second-order valence-electron chi connectivity index (χ2n) is 4.76. The number of benzene rings is 1. The van der Waals surface area contributed by atoms with Crippen LogP contribution >= 0.6 is 11.6 Å². The predicted molar refractivity (Wildman–Crippen MR) is 80.1 cm³/mol. The van der Waals surface area contributed by atoms with E-state index in [2.05, 4.69) is 10.1 Å². The quantitative estimate of drug-likeness (QED) is 0.792. The third kappa shape index (κ3) is 2.46. The van der Waals surface area contributed by atoms with E-state index >= 15 is 0 Å². The number of hydrogen-bond acceptors (Lipinski definition) is 4. The highest BCUT2D eigenvalue weighted by Gasteiger charge is 2.15. The first kappa shape index (κ1) is 14.3. The van der Waals surface area contributed by atoms with Crippen molar-refractivity contribution in [2.45, 2.75) is 13.5 Å². The zero-order valence-corrected chi connectivity index (χ0v) is 12.3. The average molecular weight is 319 g/mol. The van der Waals surface area contributed by atoms with Gasteiger partial charge in [0.05, 0.1) is 0 Å². The zero-order chi connectivity index (χ0) is 15.9. The Hall–Kier alpha value is -2.67. The van der Waals surface area contributed by atoms with E-state index in [0.29, 0.717) is 22.1 Å². The number of fused-ring (bicyclic) bond motifs is 1. The molecule has 1 N–H and O–H groups in total. The number of carboxylic acids is 1. The van der Waals surface area contributed by atoms with Crippen LogP contribution in [0.1, 0.15) is 5.69 Å². The Morgan fingerprint density at radius 3 is 2.64 bits per heavy atom. The fraction of sp³-hybridized carbons (Fsp3) is 0.143. The summed E-state index contributed by atoms with van der Waals surface area (Å²) >= 11 is 5.84. The van der Waals surface area contributed by atoms with Gasteiger partial charge in [0.15, 0.2) is 5.82 Å². The van der Waals surface area contributed by atoms with Crippen molar-refractivity contribution in [1.29, 1.82) is 0 Å². The number of carboxylic acid groups (broad SMARTS) is 1. The molecule has 112 valence electrons. The molecule has 22 heavy (non-hydrogen) atoms. The number of carbonyl (C=O) groups is 1. The maximum atomic E-state index is 12.0. The van der Waals surface area contributed by atoms with Crippen molar-refractivity contribution in [2.24, 2.45) is 0 Å². The van der Waals surface area contributed by atoms with Crippen LogP contribution in [0.25, 0.3) is 17.2 Å². The molecule has 0 saturated heterocycles. The monoisotopic (exact) mass is 318 g/mol. The summed E-state index contributed by atoms with van der Waals surface area (Å²) in [5.74, 6) is -0.499. The van der Waals surface area contributed by atoms with Crippen LogP contribution in [-0.2, 0) is 11.3 Å². The van der Waals surface area contributed by atoms with Crippen LogP contribution in [0.5, 0.6) is 0 Å². The highest BCUT2D eigenvalue weighted by atomic mass is 35.5. The van der Waals surface area contributed by atoms with Crippen LogP contribution < -0.4 is 5.56 Å². The van der Waals surface area contributed by atoms with Gasteiger partial charge in [-0.05, 0) is 31.2 Å². The molecule has 0 amide bonds. The Morgan fingerprint density at radius 2 is 2.00 bits per heavy atom. The number of aliphatic carboxylic acids is 1. The van der Waals surface area contributed by atoms with Crippen molar-refractivity contribution in [2.75, 3.05) is 0 Å². The molecule has 0 radical (unpaired) electrons. The van der Waals surface area contributed by atoms with Gasteiger partial charge >= 0.3 is 5.97 Å². The van der Waals surface area contributed by atoms with Gasteiger partial charge in [0, 0.05) is 22.3 Å². The van der Waals surface area contributed by atoms with Crippen LogP contribution in [-0.4, -0.2) is 30.2 Å². The summed E-state index contributed by atoms with van der Waals surface area (Å²) in [7, 11) is 0. The van der Waals surface area contributed by atoms with Crippen molar-refractivity contribution in [3.63, 3.8) is 0 Å². The van der Waals surface area contributed by atoms with Crippen LogP contribution in [0.15, 0.2) is 35.1 Å². The first-order valence-electron chi connectivity index (χ1n) is 6.40. The lowest BCUT2D eigenvalue weighted by atomic mass is 10.2. The molecule has 0 atom stereocenters. The number of nitrogens with zero attached hydrogens (tertiary/aromatic N) is 4. The highest BCUT2D eigenvalue weighted by Crippen LogP contribution is 2.18. The summed E-state index contributed by atoms with van der Waals surface area (Å²) in [6.45, 7) is 1.36. The van der Waals surface area contributed by atoms with E-state index in [1.165, 1.54) is 10.6 Å². The molecule has 2 heterocycles. The first-order chi connectivity index (χ1) is 10.5. The second-order valence-corrected chi connectivity index (χ2v) is 5.19. The van der Waals surface area contributed by atoms with Gasteiger partial charge in [0.2, 0.25) is 5.78 Å². The molecular formula is C14H11ClN4O3. The minimum atomic E-state index is -1.02. The molecule has 0 aliphatic rings. The standard InChI is InChI=1S/C14H11ClN4O3/c1-8-6-11(20)19-14(18(8)7-12(21)22)16-13(17-19)9-2-4-10(15)5-3-9/h2-6H,7H2,1H3,(H,21,22). The van der Waals surface area contributed by atoms with E-state index in [1.807, 2.05) is 0 Å². The van der Waals surface area contributed by atoms with Crippen molar-refractivity contribution in [3.8, 4) is 11.4 Å². The zero-order valence-electron chi connectivity index (χ0n) is 11.5. The summed E-state index contributed by atoms with van der Waals surface area (Å²) in [4.78, 5) is 27.3. The largest absolute Gasteiger partial charge is 0.480 e. The van der Waals surface area contributed by atoms with E-state index in [4.69, 9.17) is 16.7 Å². The van der Waals surface area contributed by atoms with Gasteiger partial charge in [-0.15, -0.1) is 5.10 Å². The van der Waals surface area contributed by atoms with Gasteiger partial charge in [-0.2, -0.15) is 9.50 Å². The minimum Gasteiger partial charge on any atom is -0.480 e. The Labute approximate surface area is 129 Å². The molecule has 3 rings (SSSR count). The van der Waals surface area contributed by atoms with Crippen molar-refractivity contribution < 1.29 is 9.90 Å². The number of aromatic nitrogens is 4. The molecule has 0 unspecified atom stereocenters. The van der Waals surface area contributed by atoms with Gasteiger partial charge in [-0.25, -0.2) is 0 Å². The SMILES string of the molecule is Cc1cc(=O)n2nc(-c3ccc(Cl)cc3)nc2n1CC(=O)O. The number of hydrogen-bond donors (Lipinski definition) is 1. The Bertz CT molecular complexity index is 928. The molecule has 0 aliphatic heterocycles. The molecule has 3 aromatic rings. The van der Waals surface area contributed by atoms with Crippen LogP contribution in [0.3, 0.4) is 0 Å². The molecule has 1 aromatic carbocycles. The van der Waals surface area contributed by atoms with E-state index in [0.717, 1.165) is 4.52 Å². The fourth-order valence-corrected chi connectivity index (χ4v) is 2.28. The third-order valence-electron chi connectivity index (χ3n) is 3.19. The Kier molecular flexibility index (Phi) is 3.42. The van der Waals surface area contributed by atoms with Crippen molar-refractivity contribution >= 4 is 23.3 Å². The van der Waals surface area contributed by atoms with Crippen LogP contribution in [0.2, 0.25) is 5.02 Å². The molecular weight excluding hydrogens is 308 g/mol. The summed E-state index contributed by atoms with van der Waals surface area (Å²) in [6.07, 6.45) is 0. The summed E-state index contributed by atoms with van der Waals surface area (Å²) < 4.78 is 2.52. The van der Waals surface area contributed by atoms with Crippen molar-refractivity contribution in [3.05, 3.63) is 51.4 Å². The lowest BCUT2D eigenvalue weighted by molar-refractivity contribution is -0.137. The van der Waals surface area contributed by atoms with Crippen LogP contribution in [0.4, 0.5) is 0 Å². The normalized spacial score (nSPS) is 11.0. The number of rotatable bonds is 3. The average Bonchev–Trinajstić information content (AvgIpc) is 2.89. The Morgan fingerprint density at radius 1 is 1.32 bits per heavy atom. The van der Waals surface area contributed by atoms with E-state index < -0.39 is 5.97 Å². The minimum absolute atomic E-state index is 0.192. The molecule has 8 heteroatoms. The Balaban J connectivity index is 2.24. The molecule has 2 aromatic heterocycles. The molecule has 7 nitrogen and oxygen atoms in total. The van der Waals surface area contributed by atoms with Gasteiger partial charge in [0.1, 0.15) is 6.54 Å². The van der Waals surface area contributed by atoms with E-state index in [1.54, 1.807) is 31.2 Å². The lowest BCUT2D eigenvalue weighted by Crippen LogP contribution is -2.22. The fourth-order valence-electron chi connectivity index (χ4n) is 2.15. The predicted octanol–water partition coefficient (Wildman–Crippen LogP) is 1.60. The first-order valence-corrected chi connectivity index (χ1v) is 6.78. The molecule has 0 spiro atoms. The topological polar surface area (TPSA) is 89.5 Å². The molecule has 0 fully saturated rings. The molecule has 0 bridgehead atoms. The number of aryl methyl sites for hydroxylation is 1. The number of halogens is 1. The van der Waals surface area contributed by atoms with E-state index in [-0.39, 0.29) is 17.9 Å². The summed E-state index contributed by atoms with van der Waals surface area (Å²) in [6, 6.07) is 8.18. The van der Waals surface area contributed by atoms with E-state index in [9.17, 15) is 9.59 Å². The summed E-state index contributed by atoms with van der Waals surface area (Å²) in [5, 5.41) is 13.7. The third-order valence-corrected chi connectivity index (χ3v) is 3.45. The van der Waals surface area contributed by atoms with Gasteiger partial charge < -0.3 is 9.67 Å². The van der Waals surface area contributed by atoms with Crippen molar-refractivity contribution in [1.82, 2.24) is 19.2 Å². The maximum Gasteiger partial charge on any atom is 0.323 e. The molecule has 0 aliphatic carbocycles. The highest BCUT2D eigenvalue weighted by molar-refractivity contribution is 6.30. The van der Waals surface area contributed by atoms with Crippen LogP contribution in [0, 0.1) is 6.92 Å². The van der Waals surface area contributed by atoms with Gasteiger partial charge in [-0.3, -0.25) is 9.59 Å². The smallest absolute Gasteiger partial charge is 0.323 e. The summed E-state index contributed by atoms with van der Waals surface area (Å²) in [5.41, 5.74) is 0.837. The van der Waals surface area contributed by atoms with Gasteiger partial charge in [-0.1, -0.05) is 11.6 Å². The molecule has 0 saturated carbocycles. The lowest BCUT2D eigenvalue weighted by Gasteiger charge is -2.07. The second kappa shape index (κ2) is 5.27.